The first-order chi connectivity index (χ1) is 12.1. The van der Waals surface area contributed by atoms with Crippen molar-refractivity contribution in [2.45, 2.75) is 11.7 Å². The first kappa shape index (κ1) is 17.5. The molecule has 2 N–H and O–H groups in total. The number of amides is 2. The monoisotopic (exact) mass is 380 g/mol. The molecule has 0 saturated heterocycles. The van der Waals surface area contributed by atoms with Gasteiger partial charge in [-0.05, 0) is 12.1 Å². The van der Waals surface area contributed by atoms with Gasteiger partial charge in [-0.3, -0.25) is 14.6 Å². The number of carbonyl (C=O) groups is 2. The minimum atomic E-state index is -0.323. The highest BCUT2D eigenvalue weighted by Crippen LogP contribution is 2.16. The second kappa shape index (κ2) is 8.21. The number of nitrogens with zero attached hydrogens (tertiary/aromatic N) is 4. The Hall–Kier alpha value is -2.27. The summed E-state index contributed by atoms with van der Waals surface area (Å²) in [5, 5.41) is 14.8. The minimum absolute atomic E-state index is 0.131. The molecule has 0 fully saturated rings. The summed E-state index contributed by atoms with van der Waals surface area (Å²) < 4.78 is 6.76. The lowest BCUT2D eigenvalue weighted by Gasteiger charge is -2.05. The number of thioether (sulfide) groups is 2. The van der Waals surface area contributed by atoms with Gasteiger partial charge in [0.15, 0.2) is 21.9 Å². The van der Waals surface area contributed by atoms with E-state index < -0.39 is 0 Å². The lowest BCUT2D eigenvalue weighted by atomic mass is 10.4. The average molecular weight is 380 g/mol. The molecule has 0 bridgehead atoms. The number of amidine groups is 1. The number of aliphatic imine (C=N–C) groups is 1. The molecule has 25 heavy (non-hydrogen) atoms. The highest BCUT2D eigenvalue weighted by Gasteiger charge is 2.15. The van der Waals surface area contributed by atoms with E-state index in [0.717, 1.165) is 12.3 Å². The molecule has 9 nitrogen and oxygen atoms in total. The van der Waals surface area contributed by atoms with Crippen LogP contribution in [-0.4, -0.2) is 49.8 Å². The van der Waals surface area contributed by atoms with Crippen molar-refractivity contribution in [3.8, 4) is 0 Å². The zero-order chi connectivity index (χ0) is 17.6. The second-order valence-electron chi connectivity index (χ2n) is 4.99. The molecule has 132 valence electrons. The van der Waals surface area contributed by atoms with Gasteiger partial charge >= 0.3 is 0 Å². The molecule has 0 unspecified atom stereocenters. The summed E-state index contributed by atoms with van der Waals surface area (Å²) >= 11 is 2.81. The summed E-state index contributed by atoms with van der Waals surface area (Å²) in [5.41, 5.74) is 0. The van der Waals surface area contributed by atoms with Gasteiger partial charge in [-0.1, -0.05) is 23.5 Å². The maximum Gasteiger partial charge on any atom is 0.287 e. The fourth-order valence-corrected chi connectivity index (χ4v) is 3.45. The van der Waals surface area contributed by atoms with Crippen LogP contribution in [0.2, 0.25) is 0 Å². The van der Waals surface area contributed by atoms with E-state index in [4.69, 9.17) is 4.42 Å². The van der Waals surface area contributed by atoms with Crippen molar-refractivity contribution < 1.29 is 14.0 Å². The van der Waals surface area contributed by atoms with Crippen LogP contribution in [0.1, 0.15) is 16.4 Å². The van der Waals surface area contributed by atoms with Crippen LogP contribution in [0.4, 0.5) is 0 Å². The minimum Gasteiger partial charge on any atom is -0.459 e. The smallest absolute Gasteiger partial charge is 0.287 e. The normalized spacial score (nSPS) is 13.6. The summed E-state index contributed by atoms with van der Waals surface area (Å²) in [7, 11) is 1.78. The van der Waals surface area contributed by atoms with Gasteiger partial charge in [0, 0.05) is 12.8 Å². The Morgan fingerprint density at radius 3 is 3.04 bits per heavy atom. The van der Waals surface area contributed by atoms with Gasteiger partial charge in [-0.2, -0.15) is 0 Å². The molecular weight excluding hydrogens is 364 g/mol. The van der Waals surface area contributed by atoms with Crippen molar-refractivity contribution >= 4 is 40.5 Å². The third-order valence-corrected chi connectivity index (χ3v) is 5.15. The molecule has 11 heteroatoms. The number of rotatable bonds is 6. The Kier molecular flexibility index (Phi) is 5.76. The fourth-order valence-electron chi connectivity index (χ4n) is 1.98. The van der Waals surface area contributed by atoms with E-state index in [9.17, 15) is 9.59 Å². The Bertz CT molecular complexity index is 787. The molecule has 3 heterocycles. The summed E-state index contributed by atoms with van der Waals surface area (Å²) in [6.07, 6.45) is 1.44. The van der Waals surface area contributed by atoms with E-state index >= 15 is 0 Å². The van der Waals surface area contributed by atoms with Crippen LogP contribution in [0.3, 0.4) is 0 Å². The summed E-state index contributed by atoms with van der Waals surface area (Å²) in [6, 6.07) is 3.23. The van der Waals surface area contributed by atoms with Gasteiger partial charge in [-0.15, -0.1) is 10.2 Å². The Balaban J connectivity index is 1.48. The van der Waals surface area contributed by atoms with Crippen LogP contribution in [0.25, 0.3) is 0 Å². The van der Waals surface area contributed by atoms with Gasteiger partial charge in [0.05, 0.1) is 25.1 Å². The van der Waals surface area contributed by atoms with Crippen molar-refractivity contribution in [1.82, 2.24) is 25.4 Å². The Labute approximate surface area is 152 Å². The fraction of sp³-hybridized carbons (Fsp3) is 0.357. The molecule has 2 aromatic heterocycles. The first-order valence-corrected chi connectivity index (χ1v) is 9.40. The SMILES string of the molecule is Cn1c(CNC(=O)c2ccco2)nnc1SCC(=O)NC1=NCCS1. The molecule has 3 rings (SSSR count). The average Bonchev–Trinajstić information content (AvgIpc) is 3.34. The summed E-state index contributed by atoms with van der Waals surface area (Å²) in [5.74, 6) is 1.48. The van der Waals surface area contributed by atoms with Crippen LogP contribution < -0.4 is 10.6 Å². The largest absolute Gasteiger partial charge is 0.459 e. The maximum absolute atomic E-state index is 11.9. The molecule has 1 aliphatic rings. The third-order valence-electron chi connectivity index (χ3n) is 3.24. The van der Waals surface area contributed by atoms with Gasteiger partial charge in [0.25, 0.3) is 5.91 Å². The summed E-state index contributed by atoms with van der Waals surface area (Å²) in [4.78, 5) is 27.9. The van der Waals surface area contributed by atoms with E-state index in [0.29, 0.717) is 16.1 Å². The van der Waals surface area contributed by atoms with Crippen molar-refractivity contribution in [3.63, 3.8) is 0 Å². The maximum atomic E-state index is 11.9. The van der Waals surface area contributed by atoms with Gasteiger partial charge in [-0.25, -0.2) is 0 Å². The first-order valence-electron chi connectivity index (χ1n) is 7.43. The molecule has 0 aliphatic carbocycles. The van der Waals surface area contributed by atoms with Crippen molar-refractivity contribution in [1.29, 1.82) is 0 Å². The van der Waals surface area contributed by atoms with E-state index in [1.807, 2.05) is 0 Å². The molecule has 0 aromatic carbocycles. The summed E-state index contributed by atoms with van der Waals surface area (Å²) in [6.45, 7) is 0.951. The number of hydrogen-bond donors (Lipinski definition) is 2. The van der Waals surface area contributed by atoms with Crippen LogP contribution in [0, 0.1) is 0 Å². The highest BCUT2D eigenvalue weighted by molar-refractivity contribution is 8.14. The van der Waals surface area contributed by atoms with Crippen LogP contribution in [0.15, 0.2) is 33.0 Å². The topological polar surface area (TPSA) is 114 Å². The second-order valence-corrected chi connectivity index (χ2v) is 7.02. The number of hydrogen-bond acceptors (Lipinski definition) is 8. The van der Waals surface area contributed by atoms with Crippen LogP contribution >= 0.6 is 23.5 Å². The lowest BCUT2D eigenvalue weighted by Crippen LogP contribution is -2.29. The predicted octanol–water partition coefficient (Wildman–Crippen LogP) is 0.649. The lowest BCUT2D eigenvalue weighted by molar-refractivity contribution is -0.117. The molecule has 2 amide bonds. The van der Waals surface area contributed by atoms with Gasteiger partial charge in [0.1, 0.15) is 0 Å². The zero-order valence-corrected chi connectivity index (χ0v) is 15.0. The highest BCUT2D eigenvalue weighted by atomic mass is 32.2. The predicted molar refractivity (Wildman–Crippen MR) is 94.5 cm³/mol. The molecule has 0 atom stereocenters. The number of carbonyl (C=O) groups excluding carboxylic acids is 2. The van der Waals surface area contributed by atoms with Crippen LogP contribution in [0.5, 0.6) is 0 Å². The van der Waals surface area contributed by atoms with Crippen molar-refractivity contribution in [2.24, 2.45) is 12.0 Å². The Morgan fingerprint density at radius 1 is 1.44 bits per heavy atom. The van der Waals surface area contributed by atoms with Crippen molar-refractivity contribution in [2.75, 3.05) is 18.1 Å². The molecule has 1 aliphatic heterocycles. The number of aromatic nitrogens is 3. The quantitative estimate of drug-likeness (QED) is 0.707. The number of furan rings is 1. The molecule has 2 aromatic rings. The molecule has 0 saturated carbocycles. The van der Waals surface area contributed by atoms with E-state index in [-0.39, 0.29) is 29.9 Å². The van der Waals surface area contributed by atoms with E-state index in [2.05, 4.69) is 25.8 Å². The molecular formula is C14H16N6O3S2. The van der Waals surface area contributed by atoms with Gasteiger partial charge < -0.3 is 19.6 Å². The standard InChI is InChI=1S/C14H16N6O3S2/c1-20-10(7-16-12(22)9-3-2-5-23-9)18-19-14(20)25-8-11(21)17-13-15-4-6-24-13/h2-3,5H,4,6-8H2,1H3,(H,16,22)(H,15,17,21). The Morgan fingerprint density at radius 2 is 2.32 bits per heavy atom. The third kappa shape index (κ3) is 4.63. The molecule has 0 spiro atoms. The zero-order valence-electron chi connectivity index (χ0n) is 13.4. The molecule has 0 radical (unpaired) electrons. The van der Waals surface area contributed by atoms with Crippen molar-refractivity contribution in [3.05, 3.63) is 30.0 Å². The number of nitrogens with one attached hydrogen (secondary N) is 2. The van der Waals surface area contributed by atoms with E-state index in [1.165, 1.54) is 29.8 Å². The van der Waals surface area contributed by atoms with Crippen LogP contribution in [-0.2, 0) is 18.4 Å². The van der Waals surface area contributed by atoms with E-state index in [1.54, 1.807) is 23.7 Å². The van der Waals surface area contributed by atoms with Gasteiger partial charge in [0.2, 0.25) is 5.91 Å².